The fourth-order valence-electron chi connectivity index (χ4n) is 2.65. The van der Waals surface area contributed by atoms with Gasteiger partial charge in [-0.05, 0) is 25.5 Å². The molecular weight excluding hydrogens is 250 g/mol. The quantitative estimate of drug-likeness (QED) is 0.926. The monoisotopic (exact) mass is 271 g/mol. The Labute approximate surface area is 119 Å². The molecule has 0 amide bonds. The molecule has 1 aromatic carbocycles. The maximum atomic E-state index is 5.95. The molecule has 3 rings (SSSR count). The van der Waals surface area contributed by atoms with Crippen LogP contribution in [0.1, 0.15) is 22.4 Å². The lowest BCUT2D eigenvalue weighted by Gasteiger charge is -2.11. The third-order valence-corrected chi connectivity index (χ3v) is 3.98. The lowest BCUT2D eigenvalue weighted by Crippen LogP contribution is -2.29. The average Bonchev–Trinajstić information content (AvgIpc) is 2.96. The number of benzene rings is 1. The summed E-state index contributed by atoms with van der Waals surface area (Å²) < 4.78 is 7.86. The van der Waals surface area contributed by atoms with Crippen molar-refractivity contribution in [2.24, 2.45) is 7.05 Å². The highest BCUT2D eigenvalue weighted by Gasteiger charge is 2.22. The Morgan fingerprint density at radius 3 is 3.00 bits per heavy atom. The van der Waals surface area contributed by atoms with Crippen LogP contribution in [0.2, 0.25) is 0 Å². The van der Waals surface area contributed by atoms with Crippen LogP contribution < -0.4 is 10.1 Å². The molecule has 0 spiro atoms. The summed E-state index contributed by atoms with van der Waals surface area (Å²) in [5.41, 5.74) is 5.09. The van der Waals surface area contributed by atoms with Crippen LogP contribution in [0.5, 0.6) is 5.75 Å². The van der Waals surface area contributed by atoms with Crippen LogP contribution in [0.3, 0.4) is 0 Å². The molecular formula is C16H21N3O. The first-order valence-electron chi connectivity index (χ1n) is 7.08. The van der Waals surface area contributed by atoms with Gasteiger partial charge in [0.1, 0.15) is 11.9 Å². The predicted molar refractivity (Wildman–Crippen MR) is 79.0 cm³/mol. The third-order valence-electron chi connectivity index (χ3n) is 3.98. The summed E-state index contributed by atoms with van der Waals surface area (Å²) in [5.74, 6) is 1.04. The first kappa shape index (κ1) is 13.2. The van der Waals surface area contributed by atoms with Crippen molar-refractivity contribution in [3.05, 3.63) is 46.8 Å². The summed E-state index contributed by atoms with van der Waals surface area (Å²) in [6, 6.07) is 6.41. The molecule has 20 heavy (non-hydrogen) atoms. The molecule has 1 aliphatic heterocycles. The van der Waals surface area contributed by atoms with Gasteiger partial charge in [-0.3, -0.25) is 4.68 Å². The highest BCUT2D eigenvalue weighted by atomic mass is 16.5. The molecule has 1 aromatic heterocycles. The predicted octanol–water partition coefficient (Wildman–Crippen LogP) is 2.13. The van der Waals surface area contributed by atoms with E-state index < -0.39 is 0 Å². The van der Waals surface area contributed by atoms with Crippen LogP contribution in [0.15, 0.2) is 24.4 Å². The van der Waals surface area contributed by atoms with Crippen molar-refractivity contribution < 1.29 is 4.74 Å². The number of aromatic nitrogens is 2. The van der Waals surface area contributed by atoms with Crippen molar-refractivity contribution in [2.45, 2.75) is 32.9 Å². The Morgan fingerprint density at radius 1 is 1.40 bits per heavy atom. The van der Waals surface area contributed by atoms with Crippen LogP contribution in [-0.4, -0.2) is 22.4 Å². The van der Waals surface area contributed by atoms with Gasteiger partial charge in [0.05, 0.1) is 6.20 Å². The molecule has 1 unspecified atom stereocenters. The molecule has 0 fully saturated rings. The highest BCUT2D eigenvalue weighted by molar-refractivity contribution is 5.40. The van der Waals surface area contributed by atoms with E-state index in [1.54, 1.807) is 0 Å². The molecule has 2 heterocycles. The van der Waals surface area contributed by atoms with E-state index in [4.69, 9.17) is 4.74 Å². The fraction of sp³-hybridized carbons (Fsp3) is 0.438. The summed E-state index contributed by atoms with van der Waals surface area (Å²) >= 11 is 0. The van der Waals surface area contributed by atoms with Crippen molar-refractivity contribution in [1.82, 2.24) is 15.1 Å². The van der Waals surface area contributed by atoms with Crippen molar-refractivity contribution >= 4 is 0 Å². The SMILES string of the molecule is Cc1ccc2c(c1)CC(CNCc1cnn(C)c1C)O2. The van der Waals surface area contributed by atoms with Crippen LogP contribution in [0.25, 0.3) is 0 Å². The smallest absolute Gasteiger partial charge is 0.123 e. The first-order valence-corrected chi connectivity index (χ1v) is 7.08. The van der Waals surface area contributed by atoms with Crippen LogP contribution in [0, 0.1) is 13.8 Å². The van der Waals surface area contributed by atoms with Gasteiger partial charge in [0.15, 0.2) is 0 Å². The number of ether oxygens (including phenoxy) is 1. The van der Waals surface area contributed by atoms with E-state index in [0.29, 0.717) is 0 Å². The van der Waals surface area contributed by atoms with Crippen LogP contribution in [0.4, 0.5) is 0 Å². The zero-order valence-electron chi connectivity index (χ0n) is 12.3. The number of aryl methyl sites for hydroxylation is 2. The molecule has 4 heteroatoms. The maximum Gasteiger partial charge on any atom is 0.123 e. The van der Waals surface area contributed by atoms with Crippen molar-refractivity contribution in [3.63, 3.8) is 0 Å². The number of hydrogen-bond acceptors (Lipinski definition) is 3. The molecule has 0 saturated carbocycles. The van der Waals surface area contributed by atoms with E-state index in [2.05, 4.69) is 42.5 Å². The maximum absolute atomic E-state index is 5.95. The van der Waals surface area contributed by atoms with Gasteiger partial charge in [0.2, 0.25) is 0 Å². The van der Waals surface area contributed by atoms with Gasteiger partial charge in [-0.2, -0.15) is 5.10 Å². The first-order chi connectivity index (χ1) is 9.63. The van der Waals surface area contributed by atoms with Gasteiger partial charge < -0.3 is 10.1 Å². The second-order valence-corrected chi connectivity index (χ2v) is 5.56. The summed E-state index contributed by atoms with van der Waals surface area (Å²) in [7, 11) is 1.97. The number of nitrogens with zero attached hydrogens (tertiary/aromatic N) is 2. The Balaban J connectivity index is 1.53. The Bertz CT molecular complexity index is 618. The Kier molecular flexibility index (Phi) is 3.49. The fourth-order valence-corrected chi connectivity index (χ4v) is 2.65. The number of fused-ring (bicyclic) bond motifs is 1. The number of hydrogen-bond donors (Lipinski definition) is 1. The largest absolute Gasteiger partial charge is 0.488 e. The van der Waals surface area contributed by atoms with Gasteiger partial charge >= 0.3 is 0 Å². The van der Waals surface area contributed by atoms with Crippen molar-refractivity contribution in [3.8, 4) is 5.75 Å². The summed E-state index contributed by atoms with van der Waals surface area (Å²) in [6.45, 7) is 5.92. The van der Waals surface area contributed by atoms with E-state index in [1.807, 2.05) is 17.9 Å². The minimum absolute atomic E-state index is 0.240. The average molecular weight is 271 g/mol. The topological polar surface area (TPSA) is 39.1 Å². The third kappa shape index (κ3) is 2.56. The Morgan fingerprint density at radius 2 is 2.25 bits per heavy atom. The molecule has 0 saturated heterocycles. The Hall–Kier alpha value is -1.81. The molecule has 106 valence electrons. The minimum atomic E-state index is 0.240. The van der Waals surface area contributed by atoms with E-state index in [0.717, 1.165) is 25.3 Å². The molecule has 4 nitrogen and oxygen atoms in total. The zero-order valence-corrected chi connectivity index (χ0v) is 12.3. The van der Waals surface area contributed by atoms with Gasteiger partial charge in [-0.25, -0.2) is 0 Å². The zero-order chi connectivity index (χ0) is 14.1. The molecule has 2 aromatic rings. The molecule has 1 atom stereocenters. The van der Waals surface area contributed by atoms with Crippen LogP contribution >= 0.6 is 0 Å². The minimum Gasteiger partial charge on any atom is -0.488 e. The number of nitrogens with one attached hydrogen (secondary N) is 1. The molecule has 0 aliphatic carbocycles. The van der Waals surface area contributed by atoms with Crippen molar-refractivity contribution in [1.29, 1.82) is 0 Å². The van der Waals surface area contributed by atoms with Gasteiger partial charge in [0.25, 0.3) is 0 Å². The molecule has 1 N–H and O–H groups in total. The van der Waals surface area contributed by atoms with Crippen LogP contribution in [-0.2, 0) is 20.0 Å². The van der Waals surface area contributed by atoms with E-state index in [-0.39, 0.29) is 6.10 Å². The van der Waals surface area contributed by atoms with E-state index in [9.17, 15) is 0 Å². The van der Waals surface area contributed by atoms with Gasteiger partial charge in [0, 0.05) is 37.8 Å². The summed E-state index contributed by atoms with van der Waals surface area (Å²) in [5, 5.41) is 7.72. The highest BCUT2D eigenvalue weighted by Crippen LogP contribution is 2.29. The summed E-state index contributed by atoms with van der Waals surface area (Å²) in [4.78, 5) is 0. The van der Waals surface area contributed by atoms with Gasteiger partial charge in [-0.15, -0.1) is 0 Å². The van der Waals surface area contributed by atoms with Gasteiger partial charge in [-0.1, -0.05) is 17.7 Å². The number of rotatable bonds is 4. The van der Waals surface area contributed by atoms with E-state index >= 15 is 0 Å². The lowest BCUT2D eigenvalue weighted by atomic mass is 10.1. The second-order valence-electron chi connectivity index (χ2n) is 5.56. The van der Waals surface area contributed by atoms with E-state index in [1.165, 1.54) is 22.4 Å². The normalized spacial score (nSPS) is 17.1. The second kappa shape index (κ2) is 5.29. The van der Waals surface area contributed by atoms with Crippen molar-refractivity contribution in [2.75, 3.05) is 6.54 Å². The molecule has 0 radical (unpaired) electrons. The lowest BCUT2D eigenvalue weighted by molar-refractivity contribution is 0.227. The molecule has 1 aliphatic rings. The summed E-state index contributed by atoms with van der Waals surface area (Å²) in [6.07, 6.45) is 3.16. The molecule has 0 bridgehead atoms. The standard InChI is InChI=1S/C16H21N3O/c1-11-4-5-16-13(6-11)7-15(20-16)10-17-8-14-9-18-19(3)12(14)2/h4-6,9,15,17H,7-8,10H2,1-3H3.